The Balaban J connectivity index is 1.81. The van der Waals surface area contributed by atoms with E-state index in [0.29, 0.717) is 12.0 Å². The van der Waals surface area contributed by atoms with Crippen LogP contribution in [-0.4, -0.2) is 19.7 Å². The summed E-state index contributed by atoms with van der Waals surface area (Å²) in [7, 11) is 2.10. The molecule has 1 fully saturated rings. The first kappa shape index (κ1) is 15.2. The van der Waals surface area contributed by atoms with Crippen molar-refractivity contribution >= 4 is 11.6 Å². The number of rotatable bonds is 4. The summed E-state index contributed by atoms with van der Waals surface area (Å²) in [5, 5.41) is 4.39. The first-order valence-corrected chi connectivity index (χ1v) is 8.70. The van der Waals surface area contributed by atoms with E-state index in [2.05, 4.69) is 31.4 Å². The maximum Gasteiger partial charge on any atom is 0.125 e. The lowest BCUT2D eigenvalue weighted by molar-refractivity contribution is 0.204. The Kier molecular flexibility index (Phi) is 4.75. The molecule has 1 saturated carbocycles. The molecule has 0 saturated heterocycles. The van der Waals surface area contributed by atoms with Crippen LogP contribution in [0.2, 0.25) is 5.02 Å². The molecule has 0 amide bonds. The lowest BCUT2D eigenvalue weighted by Crippen LogP contribution is -2.39. The van der Waals surface area contributed by atoms with Crippen molar-refractivity contribution in [1.82, 2.24) is 5.32 Å². The van der Waals surface area contributed by atoms with Gasteiger partial charge >= 0.3 is 0 Å². The predicted octanol–water partition coefficient (Wildman–Crippen LogP) is 4.23. The number of ether oxygens (including phenoxy) is 1. The quantitative estimate of drug-likeness (QED) is 0.898. The van der Waals surface area contributed by atoms with Gasteiger partial charge in [0.05, 0.1) is 6.61 Å². The molecule has 21 heavy (non-hydrogen) atoms. The summed E-state index contributed by atoms with van der Waals surface area (Å²) in [6.45, 7) is 3.13. The van der Waals surface area contributed by atoms with E-state index in [1.165, 1.54) is 36.8 Å². The van der Waals surface area contributed by atoms with Crippen LogP contribution in [0.1, 0.15) is 43.7 Å². The van der Waals surface area contributed by atoms with Crippen LogP contribution in [0.5, 0.6) is 5.75 Å². The van der Waals surface area contributed by atoms with E-state index in [9.17, 15) is 0 Å². The molecule has 1 aromatic rings. The number of benzene rings is 1. The second kappa shape index (κ2) is 6.58. The van der Waals surface area contributed by atoms with Gasteiger partial charge in [0.2, 0.25) is 0 Å². The summed E-state index contributed by atoms with van der Waals surface area (Å²) in [4.78, 5) is 0. The molecule has 1 aliphatic heterocycles. The van der Waals surface area contributed by atoms with Crippen molar-refractivity contribution in [3.8, 4) is 5.75 Å². The van der Waals surface area contributed by atoms with Gasteiger partial charge in [0.1, 0.15) is 5.75 Å². The van der Waals surface area contributed by atoms with Crippen LogP contribution in [0, 0.1) is 11.8 Å². The first-order valence-electron chi connectivity index (χ1n) is 8.32. The Labute approximate surface area is 133 Å². The zero-order chi connectivity index (χ0) is 14.8. The highest BCUT2D eigenvalue weighted by molar-refractivity contribution is 6.30. The molecule has 3 unspecified atom stereocenters. The number of hydrogen-bond donors (Lipinski definition) is 1. The molecule has 3 atom stereocenters. The highest BCUT2D eigenvalue weighted by Gasteiger charge is 2.30. The summed E-state index contributed by atoms with van der Waals surface area (Å²) < 4.78 is 5.87. The molecule has 0 radical (unpaired) electrons. The second-order valence-corrected chi connectivity index (χ2v) is 7.03. The zero-order valence-electron chi connectivity index (χ0n) is 13.1. The van der Waals surface area contributed by atoms with Crippen LogP contribution >= 0.6 is 11.6 Å². The summed E-state index contributed by atoms with van der Waals surface area (Å²) in [6.07, 6.45) is 7.37. The van der Waals surface area contributed by atoms with Gasteiger partial charge in [0.15, 0.2) is 0 Å². The van der Waals surface area contributed by atoms with Gasteiger partial charge in [-0.3, -0.25) is 0 Å². The molecule has 3 rings (SSSR count). The van der Waals surface area contributed by atoms with Crippen LogP contribution in [0.3, 0.4) is 0 Å². The summed E-state index contributed by atoms with van der Waals surface area (Å²) in [5.41, 5.74) is 2.61. The van der Waals surface area contributed by atoms with Gasteiger partial charge in [-0.05, 0) is 67.8 Å². The van der Waals surface area contributed by atoms with Crippen molar-refractivity contribution in [3.63, 3.8) is 0 Å². The van der Waals surface area contributed by atoms with Gasteiger partial charge in [-0.25, -0.2) is 0 Å². The molecule has 1 heterocycles. The average Bonchev–Trinajstić information content (AvgIpc) is 2.95. The third-order valence-corrected chi connectivity index (χ3v) is 5.56. The van der Waals surface area contributed by atoms with Crippen molar-refractivity contribution in [2.75, 3.05) is 13.7 Å². The van der Waals surface area contributed by atoms with Crippen molar-refractivity contribution in [1.29, 1.82) is 0 Å². The lowest BCUT2D eigenvalue weighted by Gasteiger charge is -2.36. The predicted molar refractivity (Wildman–Crippen MR) is 88.3 cm³/mol. The Hall–Kier alpha value is -0.730. The van der Waals surface area contributed by atoms with Gasteiger partial charge in [-0.15, -0.1) is 0 Å². The minimum absolute atomic E-state index is 0.629. The van der Waals surface area contributed by atoms with Crippen molar-refractivity contribution in [3.05, 3.63) is 28.3 Å². The Morgan fingerprint density at radius 2 is 2.19 bits per heavy atom. The van der Waals surface area contributed by atoms with E-state index in [1.54, 1.807) is 0 Å². The standard InChI is InChI=1S/C18H26ClNO/c1-3-12-4-5-17(20-2)14(8-12)9-15-11-16(19)10-13-6-7-21-18(13)15/h10-12,14,17,20H,3-9H2,1-2H3. The van der Waals surface area contributed by atoms with Crippen LogP contribution in [0.25, 0.3) is 0 Å². The Morgan fingerprint density at radius 1 is 1.33 bits per heavy atom. The number of halogens is 1. The third-order valence-electron chi connectivity index (χ3n) is 5.35. The van der Waals surface area contributed by atoms with E-state index in [4.69, 9.17) is 16.3 Å². The van der Waals surface area contributed by atoms with E-state index >= 15 is 0 Å². The van der Waals surface area contributed by atoms with E-state index in [1.807, 2.05) is 0 Å². The van der Waals surface area contributed by atoms with Gasteiger partial charge in [0, 0.05) is 17.5 Å². The smallest absolute Gasteiger partial charge is 0.125 e. The molecule has 1 aromatic carbocycles. The normalized spacial score (nSPS) is 28.2. The van der Waals surface area contributed by atoms with E-state index < -0.39 is 0 Å². The van der Waals surface area contributed by atoms with Crippen LogP contribution in [-0.2, 0) is 12.8 Å². The molecule has 1 aliphatic carbocycles. The Bertz CT molecular complexity index is 502. The van der Waals surface area contributed by atoms with Crippen molar-refractivity contribution < 1.29 is 4.74 Å². The fraction of sp³-hybridized carbons (Fsp3) is 0.667. The SMILES string of the molecule is CCC1CCC(NC)C(Cc2cc(Cl)cc3c2OCC3)C1. The molecule has 3 heteroatoms. The molecule has 1 N–H and O–H groups in total. The Morgan fingerprint density at radius 3 is 2.95 bits per heavy atom. The molecule has 116 valence electrons. The maximum atomic E-state index is 6.30. The molecular formula is C18H26ClNO. The van der Waals surface area contributed by atoms with Gasteiger partial charge in [-0.2, -0.15) is 0 Å². The minimum Gasteiger partial charge on any atom is -0.493 e. The van der Waals surface area contributed by atoms with E-state index in [-0.39, 0.29) is 0 Å². The molecule has 0 spiro atoms. The minimum atomic E-state index is 0.629. The maximum absolute atomic E-state index is 6.30. The number of fused-ring (bicyclic) bond motifs is 1. The van der Waals surface area contributed by atoms with Crippen LogP contribution < -0.4 is 10.1 Å². The molecule has 2 aliphatic rings. The number of nitrogens with one attached hydrogen (secondary N) is 1. The molecule has 2 nitrogen and oxygen atoms in total. The molecular weight excluding hydrogens is 282 g/mol. The fourth-order valence-electron chi connectivity index (χ4n) is 4.12. The zero-order valence-corrected chi connectivity index (χ0v) is 13.9. The third kappa shape index (κ3) is 3.22. The fourth-order valence-corrected chi connectivity index (χ4v) is 4.38. The highest BCUT2D eigenvalue weighted by atomic mass is 35.5. The molecule has 0 aromatic heterocycles. The lowest BCUT2D eigenvalue weighted by atomic mass is 9.74. The van der Waals surface area contributed by atoms with Crippen molar-refractivity contribution in [2.24, 2.45) is 11.8 Å². The van der Waals surface area contributed by atoms with Gasteiger partial charge < -0.3 is 10.1 Å². The van der Waals surface area contributed by atoms with Gasteiger partial charge in [0.25, 0.3) is 0 Å². The number of hydrogen-bond acceptors (Lipinski definition) is 2. The average molecular weight is 308 g/mol. The largest absolute Gasteiger partial charge is 0.493 e. The van der Waals surface area contributed by atoms with Crippen molar-refractivity contribution in [2.45, 2.75) is 51.5 Å². The second-order valence-electron chi connectivity index (χ2n) is 6.60. The molecule has 0 bridgehead atoms. The topological polar surface area (TPSA) is 21.3 Å². The van der Waals surface area contributed by atoms with E-state index in [0.717, 1.165) is 36.1 Å². The van der Waals surface area contributed by atoms with Crippen LogP contribution in [0.4, 0.5) is 0 Å². The summed E-state index contributed by atoms with van der Waals surface area (Å²) >= 11 is 6.30. The summed E-state index contributed by atoms with van der Waals surface area (Å²) in [5.74, 6) is 2.70. The monoisotopic (exact) mass is 307 g/mol. The summed E-state index contributed by atoms with van der Waals surface area (Å²) in [6, 6.07) is 4.82. The van der Waals surface area contributed by atoms with Gasteiger partial charge in [-0.1, -0.05) is 24.9 Å². The highest BCUT2D eigenvalue weighted by Crippen LogP contribution is 2.38. The first-order chi connectivity index (χ1) is 10.2. The van der Waals surface area contributed by atoms with Crippen LogP contribution in [0.15, 0.2) is 12.1 Å².